The number of halogens is 2. The van der Waals surface area contributed by atoms with Gasteiger partial charge in [-0.05, 0) is 43.7 Å². The fourth-order valence-electron chi connectivity index (χ4n) is 1.63. The van der Waals surface area contributed by atoms with Crippen LogP contribution in [0, 0.1) is 0 Å². The lowest BCUT2D eigenvalue weighted by Crippen LogP contribution is -2.28. The van der Waals surface area contributed by atoms with Gasteiger partial charge < -0.3 is 10.1 Å². The van der Waals surface area contributed by atoms with E-state index in [2.05, 4.69) is 5.32 Å². The van der Waals surface area contributed by atoms with Gasteiger partial charge in [0.05, 0.1) is 0 Å². The van der Waals surface area contributed by atoms with Crippen LogP contribution in [0.15, 0.2) is 24.3 Å². The summed E-state index contributed by atoms with van der Waals surface area (Å²) in [6, 6.07) is 8.01. The molecule has 2 rings (SSSR count). The van der Waals surface area contributed by atoms with Crippen molar-refractivity contribution in [1.29, 1.82) is 0 Å². The normalized spacial score (nSPS) is 19.7. The zero-order valence-electron chi connectivity index (χ0n) is 8.41. The van der Waals surface area contributed by atoms with Crippen molar-refractivity contribution in [1.82, 2.24) is 5.32 Å². The summed E-state index contributed by atoms with van der Waals surface area (Å²) in [6.45, 7) is 1.87. The summed E-state index contributed by atoms with van der Waals surface area (Å²) in [6.07, 6.45) is 2.47. The lowest BCUT2D eigenvalue weighted by atomic mass is 10.2. The lowest BCUT2D eigenvalue weighted by Gasteiger charge is -2.11. The van der Waals surface area contributed by atoms with Crippen molar-refractivity contribution in [3.05, 3.63) is 29.3 Å². The van der Waals surface area contributed by atoms with Crippen LogP contribution in [0.1, 0.15) is 12.8 Å². The highest BCUT2D eigenvalue weighted by molar-refractivity contribution is 6.30. The van der Waals surface area contributed by atoms with E-state index in [0.29, 0.717) is 6.04 Å². The number of hydrogen-bond acceptors (Lipinski definition) is 2. The van der Waals surface area contributed by atoms with E-state index in [1.54, 1.807) is 0 Å². The van der Waals surface area contributed by atoms with E-state index < -0.39 is 0 Å². The molecule has 4 heteroatoms. The van der Waals surface area contributed by atoms with Gasteiger partial charge in [0.15, 0.2) is 0 Å². The first kappa shape index (κ1) is 12.6. The molecule has 1 unspecified atom stereocenters. The first-order chi connectivity index (χ1) is 6.84. The van der Waals surface area contributed by atoms with Crippen molar-refractivity contribution in [2.24, 2.45) is 0 Å². The molecule has 15 heavy (non-hydrogen) atoms. The zero-order valence-corrected chi connectivity index (χ0v) is 9.98. The minimum absolute atomic E-state index is 0. The average molecular weight is 248 g/mol. The highest BCUT2D eigenvalue weighted by atomic mass is 35.5. The van der Waals surface area contributed by atoms with Crippen LogP contribution in [0.2, 0.25) is 5.02 Å². The Balaban J connectivity index is 0.00000112. The van der Waals surface area contributed by atoms with Crippen molar-refractivity contribution in [2.45, 2.75) is 18.9 Å². The molecular formula is C11H15Cl2NO. The molecule has 0 saturated carbocycles. The predicted octanol–water partition coefficient (Wildman–Crippen LogP) is 2.89. The molecule has 0 amide bonds. The molecule has 1 aromatic rings. The summed E-state index contributed by atoms with van der Waals surface area (Å²) >= 11 is 5.77. The number of benzene rings is 1. The molecule has 1 N–H and O–H groups in total. The maximum absolute atomic E-state index is 5.77. The summed E-state index contributed by atoms with van der Waals surface area (Å²) in [4.78, 5) is 0. The number of ether oxygens (including phenoxy) is 1. The Labute approximate surface area is 101 Å². The molecule has 1 heterocycles. The van der Waals surface area contributed by atoms with Crippen LogP contribution < -0.4 is 10.1 Å². The number of hydrogen-bond donors (Lipinski definition) is 1. The molecular weight excluding hydrogens is 233 g/mol. The van der Waals surface area contributed by atoms with Crippen molar-refractivity contribution >= 4 is 24.0 Å². The third-order valence-corrected chi connectivity index (χ3v) is 2.68. The van der Waals surface area contributed by atoms with Gasteiger partial charge >= 0.3 is 0 Å². The third-order valence-electron chi connectivity index (χ3n) is 2.43. The van der Waals surface area contributed by atoms with Crippen molar-refractivity contribution < 1.29 is 4.74 Å². The second kappa shape index (κ2) is 6.21. The van der Waals surface area contributed by atoms with Crippen LogP contribution in [-0.4, -0.2) is 19.2 Å². The van der Waals surface area contributed by atoms with Gasteiger partial charge in [-0.3, -0.25) is 0 Å². The maximum Gasteiger partial charge on any atom is 0.119 e. The van der Waals surface area contributed by atoms with Gasteiger partial charge in [0, 0.05) is 11.1 Å². The minimum Gasteiger partial charge on any atom is -0.492 e. The van der Waals surface area contributed by atoms with Crippen LogP contribution in [0.3, 0.4) is 0 Å². The Hall–Kier alpha value is -0.440. The predicted molar refractivity (Wildman–Crippen MR) is 65.2 cm³/mol. The molecule has 1 fully saturated rings. The van der Waals surface area contributed by atoms with Gasteiger partial charge in [-0.1, -0.05) is 11.6 Å². The average Bonchev–Trinajstić information content (AvgIpc) is 2.70. The Morgan fingerprint density at radius 3 is 2.67 bits per heavy atom. The zero-order chi connectivity index (χ0) is 9.80. The molecule has 1 aliphatic rings. The molecule has 0 aliphatic carbocycles. The molecule has 1 saturated heterocycles. The minimum atomic E-state index is 0. The van der Waals surface area contributed by atoms with Crippen LogP contribution in [0.4, 0.5) is 0 Å². The summed E-state index contributed by atoms with van der Waals surface area (Å²) < 4.78 is 5.62. The summed E-state index contributed by atoms with van der Waals surface area (Å²) in [5.41, 5.74) is 0. The van der Waals surface area contributed by atoms with E-state index in [1.165, 1.54) is 12.8 Å². The van der Waals surface area contributed by atoms with E-state index in [-0.39, 0.29) is 12.4 Å². The Morgan fingerprint density at radius 2 is 2.07 bits per heavy atom. The molecule has 1 aromatic carbocycles. The number of nitrogens with one attached hydrogen (secondary N) is 1. The van der Waals surface area contributed by atoms with Crippen molar-refractivity contribution in [3.63, 3.8) is 0 Å². The topological polar surface area (TPSA) is 21.3 Å². The van der Waals surface area contributed by atoms with E-state index in [1.807, 2.05) is 24.3 Å². The molecule has 84 valence electrons. The van der Waals surface area contributed by atoms with E-state index in [4.69, 9.17) is 16.3 Å². The monoisotopic (exact) mass is 247 g/mol. The molecule has 1 aliphatic heterocycles. The van der Waals surface area contributed by atoms with Crippen molar-refractivity contribution in [2.75, 3.05) is 13.2 Å². The fourth-order valence-corrected chi connectivity index (χ4v) is 1.75. The van der Waals surface area contributed by atoms with Crippen LogP contribution in [0.5, 0.6) is 5.75 Å². The van der Waals surface area contributed by atoms with Crippen LogP contribution >= 0.6 is 24.0 Å². The summed E-state index contributed by atoms with van der Waals surface area (Å²) in [7, 11) is 0. The van der Waals surface area contributed by atoms with Crippen LogP contribution in [0.25, 0.3) is 0 Å². The van der Waals surface area contributed by atoms with Crippen LogP contribution in [-0.2, 0) is 0 Å². The third kappa shape index (κ3) is 3.90. The summed E-state index contributed by atoms with van der Waals surface area (Å²) in [5.74, 6) is 0.892. The molecule has 0 bridgehead atoms. The standard InChI is InChI=1S/C11H14ClNO.ClH/c12-9-3-5-11(6-4-9)14-8-10-2-1-7-13-10;/h3-6,10,13H,1-2,7-8H2;1H. The Kier molecular flexibility index (Phi) is 5.23. The molecule has 1 atom stereocenters. The van der Waals surface area contributed by atoms with Gasteiger partial charge in [-0.2, -0.15) is 0 Å². The summed E-state index contributed by atoms with van der Waals surface area (Å²) in [5, 5.41) is 4.13. The number of rotatable bonds is 3. The molecule has 2 nitrogen and oxygen atoms in total. The van der Waals surface area contributed by atoms with E-state index in [0.717, 1.165) is 23.9 Å². The van der Waals surface area contributed by atoms with E-state index in [9.17, 15) is 0 Å². The van der Waals surface area contributed by atoms with Crippen molar-refractivity contribution in [3.8, 4) is 5.75 Å². The second-order valence-corrected chi connectivity index (χ2v) is 3.99. The molecule has 0 spiro atoms. The smallest absolute Gasteiger partial charge is 0.119 e. The van der Waals surface area contributed by atoms with Gasteiger partial charge in [0.2, 0.25) is 0 Å². The Morgan fingerprint density at radius 1 is 1.33 bits per heavy atom. The quantitative estimate of drug-likeness (QED) is 0.888. The Bertz CT molecular complexity index is 283. The first-order valence-electron chi connectivity index (χ1n) is 4.96. The SMILES string of the molecule is Cl.Clc1ccc(OCC2CCCN2)cc1. The molecule has 0 aromatic heterocycles. The van der Waals surface area contributed by atoms with Gasteiger partial charge in [0.1, 0.15) is 12.4 Å². The fraction of sp³-hybridized carbons (Fsp3) is 0.455. The van der Waals surface area contributed by atoms with Gasteiger partial charge in [0.25, 0.3) is 0 Å². The maximum atomic E-state index is 5.77. The van der Waals surface area contributed by atoms with Gasteiger partial charge in [-0.25, -0.2) is 0 Å². The highest BCUT2D eigenvalue weighted by Crippen LogP contribution is 2.16. The second-order valence-electron chi connectivity index (χ2n) is 3.56. The lowest BCUT2D eigenvalue weighted by molar-refractivity contribution is 0.277. The van der Waals surface area contributed by atoms with Gasteiger partial charge in [-0.15, -0.1) is 12.4 Å². The first-order valence-corrected chi connectivity index (χ1v) is 5.34. The van der Waals surface area contributed by atoms with E-state index >= 15 is 0 Å². The molecule has 0 radical (unpaired) electrons. The largest absolute Gasteiger partial charge is 0.492 e. The highest BCUT2D eigenvalue weighted by Gasteiger charge is 2.13.